The Morgan fingerprint density at radius 3 is 0.906 bits per heavy atom. The summed E-state index contributed by atoms with van der Waals surface area (Å²) in [4.78, 5) is 100. The first-order chi connectivity index (χ1) is 46.6. The van der Waals surface area contributed by atoms with Gasteiger partial charge in [-0.1, -0.05) is 53.0 Å². The summed E-state index contributed by atoms with van der Waals surface area (Å²) in [6, 6.07) is 61.4. The third-order valence-electron chi connectivity index (χ3n) is 13.9. The van der Waals surface area contributed by atoms with Crippen molar-refractivity contribution < 1.29 is 33.5 Å². The standard InChI is InChI=1S/C25H19ClN4O3.C24H18ClN5O2.C24H17ClN4O2/c1-33-23-12-10-19(15-28-23)30-25(32)17-7-5-16(6-8-17)24(31)29-18-9-11-21(26)20(14-18)22-4-2-3-13-27-22;25-20-10-8-17(13-19(20)21-3-1-2-12-27-21)29-23(31)15-4-6-16(7-5-15)24(32)30-18-9-11-22(26)28-14-18;25-21-11-10-18(14-20(21)22-5-1-2-13-27-22)28-23(30)16-6-8-17(9-7-16)24(31)29-19-4-3-12-26-15-19/h2-15H,1H3,(H,29,31)(H,30,32);1-14H,(H2,26,28)(H,29,31)(H,30,32);1-15H,(H,28,30)(H,29,31). The van der Waals surface area contributed by atoms with Gasteiger partial charge in [-0.15, -0.1) is 0 Å². The maximum Gasteiger partial charge on any atom is 0.255 e. The molecule has 0 bridgehead atoms. The number of halogens is 3. The molecular formula is C73H54Cl3N13O7. The molecule has 12 rings (SSSR count). The Morgan fingerprint density at radius 1 is 0.323 bits per heavy atom. The second-order valence-electron chi connectivity index (χ2n) is 20.5. The van der Waals surface area contributed by atoms with Gasteiger partial charge >= 0.3 is 0 Å². The third kappa shape index (κ3) is 18.2. The lowest BCUT2D eigenvalue weighted by molar-refractivity contribution is 0.101. The molecule has 6 aromatic heterocycles. The number of rotatable bonds is 16. The van der Waals surface area contributed by atoms with Crippen molar-refractivity contribution in [1.82, 2.24) is 29.9 Å². The number of hydrogen-bond donors (Lipinski definition) is 7. The van der Waals surface area contributed by atoms with E-state index in [0.717, 1.165) is 11.1 Å². The SMILES string of the molecule is COc1ccc(NC(=O)c2ccc(C(=O)Nc3ccc(Cl)c(-c4ccccn4)c3)cc2)cn1.Nc1ccc(NC(=O)c2ccc(C(=O)Nc3ccc(Cl)c(-c4ccccn4)c3)cc2)cn1.O=C(Nc1cccnc1)c1ccc(C(=O)Nc2ccc(Cl)c(-c3ccccn3)c2)cc1. The number of pyridine rings is 6. The Balaban J connectivity index is 0.000000157. The third-order valence-corrected chi connectivity index (χ3v) is 14.9. The maximum atomic E-state index is 12.7. The number of ether oxygens (including phenoxy) is 1. The number of amides is 6. The molecule has 23 heteroatoms. The molecule has 8 N–H and O–H groups in total. The van der Waals surface area contributed by atoms with Crippen molar-refractivity contribution in [2.24, 2.45) is 0 Å². The molecule has 474 valence electrons. The number of nitrogen functional groups attached to an aromatic ring is 1. The number of anilines is 7. The van der Waals surface area contributed by atoms with Crippen molar-refractivity contribution in [2.75, 3.05) is 44.7 Å². The summed E-state index contributed by atoms with van der Waals surface area (Å²) in [5, 5.41) is 18.4. The van der Waals surface area contributed by atoms with E-state index in [1.165, 1.54) is 19.5 Å². The number of nitrogens with one attached hydrogen (secondary N) is 6. The molecule has 0 spiro atoms. The van der Waals surface area contributed by atoms with Crippen LogP contribution in [-0.2, 0) is 0 Å². The van der Waals surface area contributed by atoms with Gasteiger partial charge in [0.05, 0.1) is 74.9 Å². The second kappa shape index (κ2) is 32.2. The quantitative estimate of drug-likeness (QED) is 0.0474. The molecule has 0 fully saturated rings. The van der Waals surface area contributed by atoms with Gasteiger partial charge < -0.3 is 42.4 Å². The molecule has 6 heterocycles. The number of nitrogens with two attached hydrogens (primary N) is 1. The highest BCUT2D eigenvalue weighted by atomic mass is 35.5. The lowest BCUT2D eigenvalue weighted by Crippen LogP contribution is -2.14. The van der Waals surface area contributed by atoms with Gasteiger partial charge in [-0.05, 0) is 194 Å². The molecule has 0 saturated carbocycles. The zero-order valence-electron chi connectivity index (χ0n) is 50.6. The molecule has 0 aliphatic heterocycles. The first-order valence-electron chi connectivity index (χ1n) is 29.1. The van der Waals surface area contributed by atoms with Crippen LogP contribution in [0.3, 0.4) is 0 Å². The molecule has 0 radical (unpaired) electrons. The topological polar surface area (TPSA) is 287 Å². The number of methoxy groups -OCH3 is 1. The van der Waals surface area contributed by atoms with Crippen molar-refractivity contribution in [2.45, 2.75) is 0 Å². The summed E-state index contributed by atoms with van der Waals surface area (Å²) in [7, 11) is 1.52. The Hall–Kier alpha value is -12.5. The summed E-state index contributed by atoms with van der Waals surface area (Å²) >= 11 is 18.9. The van der Waals surface area contributed by atoms with Crippen molar-refractivity contribution >= 4 is 110 Å². The predicted octanol–water partition coefficient (Wildman–Crippen LogP) is 15.5. The Kier molecular flexibility index (Phi) is 22.3. The van der Waals surface area contributed by atoms with Crippen LogP contribution in [0.4, 0.5) is 39.9 Å². The van der Waals surface area contributed by atoms with E-state index in [-0.39, 0.29) is 35.4 Å². The number of carbonyl (C=O) groups is 6. The number of benzene rings is 6. The van der Waals surface area contributed by atoms with E-state index in [1.54, 1.807) is 195 Å². The first kappa shape index (κ1) is 66.4. The van der Waals surface area contributed by atoms with Crippen LogP contribution in [0.1, 0.15) is 62.1 Å². The van der Waals surface area contributed by atoms with Crippen LogP contribution in [0.25, 0.3) is 33.8 Å². The van der Waals surface area contributed by atoms with E-state index in [1.807, 2.05) is 54.6 Å². The highest BCUT2D eigenvalue weighted by Crippen LogP contribution is 2.32. The normalized spacial score (nSPS) is 10.4. The van der Waals surface area contributed by atoms with Crippen LogP contribution < -0.4 is 42.4 Å². The van der Waals surface area contributed by atoms with E-state index in [2.05, 4.69) is 61.8 Å². The van der Waals surface area contributed by atoms with Crippen LogP contribution in [0.2, 0.25) is 15.1 Å². The zero-order valence-corrected chi connectivity index (χ0v) is 52.8. The fourth-order valence-electron chi connectivity index (χ4n) is 8.99. The summed E-state index contributed by atoms with van der Waals surface area (Å²) in [6.07, 6.45) is 11.2. The summed E-state index contributed by atoms with van der Waals surface area (Å²) in [6.45, 7) is 0. The first-order valence-corrected chi connectivity index (χ1v) is 30.2. The second-order valence-corrected chi connectivity index (χ2v) is 21.7. The van der Waals surface area contributed by atoms with E-state index < -0.39 is 0 Å². The average Bonchev–Trinajstić information content (AvgIpc) is 0.913. The highest BCUT2D eigenvalue weighted by molar-refractivity contribution is 6.34. The van der Waals surface area contributed by atoms with Gasteiger partial charge in [-0.2, -0.15) is 0 Å². The van der Waals surface area contributed by atoms with Crippen LogP contribution in [-0.4, -0.2) is 72.5 Å². The van der Waals surface area contributed by atoms with Crippen molar-refractivity contribution in [1.29, 1.82) is 0 Å². The van der Waals surface area contributed by atoms with Crippen molar-refractivity contribution in [3.8, 4) is 39.7 Å². The molecule has 0 aliphatic carbocycles. The van der Waals surface area contributed by atoms with Crippen LogP contribution in [0.5, 0.6) is 5.88 Å². The molecular weight excluding hydrogens is 1280 g/mol. The van der Waals surface area contributed by atoms with Gasteiger partial charge in [0.25, 0.3) is 35.4 Å². The molecule has 6 aromatic carbocycles. The molecule has 96 heavy (non-hydrogen) atoms. The van der Waals surface area contributed by atoms with Gasteiger partial charge in [0, 0.05) is 98.0 Å². The zero-order chi connectivity index (χ0) is 67.3. The van der Waals surface area contributed by atoms with Crippen molar-refractivity contribution in [3.63, 3.8) is 0 Å². The van der Waals surface area contributed by atoms with E-state index >= 15 is 0 Å². The molecule has 20 nitrogen and oxygen atoms in total. The van der Waals surface area contributed by atoms with Crippen LogP contribution in [0, 0.1) is 0 Å². The smallest absolute Gasteiger partial charge is 0.255 e. The Labute approximate surface area is 565 Å². The number of hydrogen-bond acceptors (Lipinski definition) is 14. The fraction of sp³-hybridized carbons (Fsp3) is 0.0137. The van der Waals surface area contributed by atoms with Gasteiger partial charge in [0.2, 0.25) is 5.88 Å². The maximum absolute atomic E-state index is 12.7. The van der Waals surface area contributed by atoms with Gasteiger partial charge in [0.1, 0.15) is 5.82 Å². The number of aromatic nitrogens is 6. The number of nitrogens with zero attached hydrogens (tertiary/aromatic N) is 6. The van der Waals surface area contributed by atoms with E-state index in [4.69, 9.17) is 45.3 Å². The predicted molar refractivity (Wildman–Crippen MR) is 375 cm³/mol. The minimum atomic E-state index is -0.318. The van der Waals surface area contributed by atoms with E-state index in [9.17, 15) is 28.8 Å². The minimum Gasteiger partial charge on any atom is -0.481 e. The Bertz CT molecular complexity index is 4710. The lowest BCUT2D eigenvalue weighted by atomic mass is 10.1. The summed E-state index contributed by atoms with van der Waals surface area (Å²) in [5.41, 5.74) is 15.7. The van der Waals surface area contributed by atoms with Gasteiger partial charge in [-0.3, -0.25) is 48.7 Å². The molecule has 0 unspecified atom stereocenters. The fourth-order valence-corrected chi connectivity index (χ4v) is 9.64. The summed E-state index contributed by atoms with van der Waals surface area (Å²) < 4.78 is 5.00. The van der Waals surface area contributed by atoms with Gasteiger partial charge in [0.15, 0.2) is 0 Å². The van der Waals surface area contributed by atoms with Crippen LogP contribution in [0.15, 0.2) is 262 Å². The number of carbonyl (C=O) groups excluding carboxylic acids is 6. The van der Waals surface area contributed by atoms with E-state index in [0.29, 0.717) is 117 Å². The highest BCUT2D eigenvalue weighted by Gasteiger charge is 2.17. The average molecular weight is 1330 g/mol. The van der Waals surface area contributed by atoms with Gasteiger partial charge in [-0.25, -0.2) is 9.97 Å². The molecule has 12 aromatic rings. The summed E-state index contributed by atoms with van der Waals surface area (Å²) in [5.74, 6) is -1.01. The lowest BCUT2D eigenvalue weighted by Gasteiger charge is -2.10. The van der Waals surface area contributed by atoms with Crippen molar-refractivity contribution in [3.05, 3.63) is 310 Å². The largest absolute Gasteiger partial charge is 0.481 e. The molecule has 0 atom stereocenters. The Morgan fingerprint density at radius 2 is 0.635 bits per heavy atom. The minimum absolute atomic E-state index is 0.280. The monoisotopic (exact) mass is 1330 g/mol. The van der Waals surface area contributed by atoms with Crippen LogP contribution >= 0.6 is 34.8 Å². The molecule has 0 saturated heterocycles. The molecule has 6 amide bonds. The molecule has 0 aliphatic rings.